The van der Waals surface area contributed by atoms with Crippen LogP contribution in [-0.4, -0.2) is 39.6 Å². The number of methoxy groups -OCH3 is 1. The monoisotopic (exact) mass is 677 g/mol. The summed E-state index contributed by atoms with van der Waals surface area (Å²) in [7, 11) is 1.59. The van der Waals surface area contributed by atoms with Crippen LogP contribution < -0.4 is 20.7 Å². The van der Waals surface area contributed by atoms with E-state index in [4.69, 9.17) is 25.8 Å². The largest absolute Gasteiger partial charge is 0.497 e. The number of halogens is 1. The summed E-state index contributed by atoms with van der Waals surface area (Å²) in [6.45, 7) is 1.59. The van der Waals surface area contributed by atoms with Crippen LogP contribution in [0.25, 0.3) is 0 Å². The molecule has 0 amide bonds. The fourth-order valence-corrected chi connectivity index (χ4v) is 7.36. The number of hydrogen-bond donors (Lipinski definition) is 2. The van der Waals surface area contributed by atoms with Crippen molar-refractivity contribution >= 4 is 11.6 Å². The molecule has 2 heterocycles. The Bertz CT molecular complexity index is 2020. The van der Waals surface area contributed by atoms with E-state index in [1.54, 1.807) is 38.3 Å². The Morgan fingerprint density at radius 1 is 0.939 bits per heavy atom. The van der Waals surface area contributed by atoms with Crippen molar-refractivity contribution in [2.24, 2.45) is 0 Å². The molecular formula is C39H36ClN3O6. The van der Waals surface area contributed by atoms with Crippen molar-refractivity contribution < 1.29 is 19.3 Å². The van der Waals surface area contributed by atoms with E-state index in [-0.39, 0.29) is 19.3 Å². The normalized spacial score (nSPS) is 18.7. The number of nitrogens with one attached hydrogen (secondary N) is 1. The fourth-order valence-electron chi connectivity index (χ4n) is 7.19. The second kappa shape index (κ2) is 14.1. The summed E-state index contributed by atoms with van der Waals surface area (Å²) in [5, 5.41) is 22.7. The Morgan fingerprint density at radius 3 is 2.12 bits per heavy atom. The van der Waals surface area contributed by atoms with Gasteiger partial charge in [-0.1, -0.05) is 96.5 Å². The van der Waals surface area contributed by atoms with E-state index >= 15 is 0 Å². The molecule has 250 valence electrons. The summed E-state index contributed by atoms with van der Waals surface area (Å²) in [5.41, 5.74) is -1.37. The SMILES string of the molecule is COc1ccc(C(c2ccccc2)(c2ccccc2)C(CCC#N)(Oc2ccccc2Cl)[C@H]2O[C@@H](n3cc(C)c(=O)[nH]c3=O)C[C@@H]2O)cc1. The van der Waals surface area contributed by atoms with Gasteiger partial charge in [0.2, 0.25) is 0 Å². The Kier molecular flexibility index (Phi) is 9.74. The average molecular weight is 678 g/mol. The van der Waals surface area contributed by atoms with E-state index in [1.165, 1.54) is 10.8 Å². The van der Waals surface area contributed by atoms with Crippen molar-refractivity contribution in [3.8, 4) is 17.6 Å². The lowest BCUT2D eigenvalue weighted by atomic mass is 9.55. The van der Waals surface area contributed by atoms with Gasteiger partial charge in [-0.15, -0.1) is 0 Å². The molecule has 4 atom stereocenters. The molecule has 0 bridgehead atoms. The maximum absolute atomic E-state index is 13.1. The lowest BCUT2D eigenvalue weighted by molar-refractivity contribution is -0.151. The molecule has 10 heteroatoms. The summed E-state index contributed by atoms with van der Waals surface area (Å²) < 4.78 is 20.9. The number of nitrogens with zero attached hydrogens (tertiary/aromatic N) is 2. The first-order valence-corrected chi connectivity index (χ1v) is 16.3. The summed E-state index contributed by atoms with van der Waals surface area (Å²) in [6.07, 6.45) is -1.81. The van der Waals surface area contributed by atoms with Crippen molar-refractivity contribution in [2.75, 3.05) is 7.11 Å². The molecule has 1 unspecified atom stereocenters. The van der Waals surface area contributed by atoms with Gasteiger partial charge in [-0.05, 0) is 47.9 Å². The highest BCUT2D eigenvalue weighted by molar-refractivity contribution is 6.32. The number of hydrogen-bond acceptors (Lipinski definition) is 7. The van der Waals surface area contributed by atoms with Crippen molar-refractivity contribution in [2.45, 2.75) is 55.6 Å². The van der Waals surface area contributed by atoms with Gasteiger partial charge in [0, 0.05) is 31.0 Å². The molecule has 0 spiro atoms. The van der Waals surface area contributed by atoms with Gasteiger partial charge in [-0.3, -0.25) is 14.3 Å². The van der Waals surface area contributed by atoms with E-state index in [2.05, 4.69) is 11.1 Å². The van der Waals surface area contributed by atoms with Crippen molar-refractivity contribution in [3.05, 3.63) is 164 Å². The summed E-state index contributed by atoms with van der Waals surface area (Å²) in [6, 6.07) is 36.5. The molecule has 6 rings (SSSR count). The molecule has 1 aliphatic heterocycles. The predicted octanol–water partition coefficient (Wildman–Crippen LogP) is 6.31. The fraction of sp³-hybridized carbons (Fsp3) is 0.256. The minimum Gasteiger partial charge on any atom is -0.497 e. The van der Waals surface area contributed by atoms with Gasteiger partial charge in [0.1, 0.15) is 23.8 Å². The molecule has 1 aliphatic rings. The van der Waals surface area contributed by atoms with Crippen molar-refractivity contribution in [3.63, 3.8) is 0 Å². The Morgan fingerprint density at radius 2 is 1.53 bits per heavy atom. The molecule has 0 radical (unpaired) electrons. The number of aromatic nitrogens is 2. The maximum atomic E-state index is 13.1. The number of aromatic amines is 1. The molecule has 0 saturated carbocycles. The van der Waals surface area contributed by atoms with E-state index in [0.29, 0.717) is 22.1 Å². The topological polar surface area (TPSA) is 127 Å². The molecular weight excluding hydrogens is 642 g/mol. The first-order chi connectivity index (χ1) is 23.7. The number of para-hydroxylation sites is 1. The highest BCUT2D eigenvalue weighted by atomic mass is 35.5. The lowest BCUT2D eigenvalue weighted by Crippen LogP contribution is -2.66. The van der Waals surface area contributed by atoms with Crippen molar-refractivity contribution in [1.29, 1.82) is 5.26 Å². The number of benzene rings is 4. The Hall–Kier alpha value is -5.14. The number of ether oxygens (including phenoxy) is 3. The molecule has 5 aromatic rings. The van der Waals surface area contributed by atoms with Crippen LogP contribution in [0, 0.1) is 18.3 Å². The average Bonchev–Trinajstić information content (AvgIpc) is 3.52. The third-order valence-electron chi connectivity index (χ3n) is 9.32. The summed E-state index contributed by atoms with van der Waals surface area (Å²) in [4.78, 5) is 27.7. The smallest absolute Gasteiger partial charge is 0.330 e. The zero-order chi connectivity index (χ0) is 34.6. The lowest BCUT2D eigenvalue weighted by Gasteiger charge is -2.54. The van der Waals surface area contributed by atoms with Crippen LogP contribution in [0.3, 0.4) is 0 Å². The van der Waals surface area contributed by atoms with Crippen LogP contribution in [-0.2, 0) is 10.2 Å². The van der Waals surface area contributed by atoms with Crippen LogP contribution in [0.5, 0.6) is 11.5 Å². The third kappa shape index (κ3) is 6.04. The van der Waals surface area contributed by atoms with Gasteiger partial charge < -0.3 is 19.3 Å². The molecule has 2 N–H and O–H groups in total. The number of aryl methyl sites for hydroxylation is 1. The van der Waals surface area contributed by atoms with Crippen LogP contribution in [0.4, 0.5) is 0 Å². The van der Waals surface area contributed by atoms with Crippen LogP contribution >= 0.6 is 11.6 Å². The molecule has 49 heavy (non-hydrogen) atoms. The molecule has 0 aliphatic carbocycles. The predicted molar refractivity (Wildman–Crippen MR) is 186 cm³/mol. The number of nitriles is 1. The van der Waals surface area contributed by atoms with E-state index in [1.807, 2.05) is 84.9 Å². The second-order valence-electron chi connectivity index (χ2n) is 12.1. The van der Waals surface area contributed by atoms with Crippen molar-refractivity contribution in [1.82, 2.24) is 9.55 Å². The number of rotatable bonds is 11. The van der Waals surface area contributed by atoms with Gasteiger partial charge in [0.25, 0.3) is 5.56 Å². The zero-order valence-corrected chi connectivity index (χ0v) is 27.8. The molecule has 1 aromatic heterocycles. The standard InChI is InChI=1S/C39H36ClN3O6/c1-26-25-43(37(46)42-36(26)45)34-24-32(44)35(48-34)38(22-11-23-41,49-33-17-10-9-16-31(33)40)39(27-12-5-3-6-13-27,28-14-7-4-8-15-28)29-18-20-30(47-2)21-19-29/h3-10,12-21,25,32,34-35,44H,11,22,24H2,1-2H3,(H,42,45,46)/t32-,34+,35-,38?/m0/s1. The van der Waals surface area contributed by atoms with Gasteiger partial charge in [-0.25, -0.2) is 4.79 Å². The van der Waals surface area contributed by atoms with Gasteiger partial charge in [0.05, 0.1) is 29.7 Å². The van der Waals surface area contributed by atoms with E-state index < -0.39 is 40.7 Å². The first kappa shape index (κ1) is 33.7. The Labute approximate surface area is 288 Å². The van der Waals surface area contributed by atoms with Gasteiger partial charge >= 0.3 is 5.69 Å². The summed E-state index contributed by atoms with van der Waals surface area (Å²) >= 11 is 6.82. The van der Waals surface area contributed by atoms with Crippen LogP contribution in [0.15, 0.2) is 125 Å². The van der Waals surface area contributed by atoms with E-state index in [0.717, 1.165) is 16.7 Å². The first-order valence-electron chi connectivity index (χ1n) is 16.0. The quantitative estimate of drug-likeness (QED) is 0.157. The third-order valence-corrected chi connectivity index (χ3v) is 9.63. The molecule has 9 nitrogen and oxygen atoms in total. The zero-order valence-electron chi connectivity index (χ0n) is 27.1. The number of H-pyrrole nitrogens is 1. The van der Waals surface area contributed by atoms with Gasteiger partial charge in [0.15, 0.2) is 5.60 Å². The van der Waals surface area contributed by atoms with Gasteiger partial charge in [-0.2, -0.15) is 5.26 Å². The minimum atomic E-state index is -1.60. The number of aliphatic hydroxyl groups excluding tert-OH is 1. The van der Waals surface area contributed by atoms with E-state index in [9.17, 15) is 20.0 Å². The molecule has 4 aromatic carbocycles. The number of aliphatic hydroxyl groups is 1. The second-order valence-corrected chi connectivity index (χ2v) is 12.5. The summed E-state index contributed by atoms with van der Waals surface area (Å²) in [5.74, 6) is 0.960. The maximum Gasteiger partial charge on any atom is 0.330 e. The minimum absolute atomic E-state index is 0.00147. The van der Waals surface area contributed by atoms with Crippen LogP contribution in [0.2, 0.25) is 5.02 Å². The Balaban J connectivity index is 1.73. The highest BCUT2D eigenvalue weighted by Gasteiger charge is 2.65. The van der Waals surface area contributed by atoms with Crippen LogP contribution in [0.1, 0.15) is 47.7 Å². The highest BCUT2D eigenvalue weighted by Crippen LogP contribution is 2.56. The molecule has 1 fully saturated rings. The molecule has 1 saturated heterocycles.